The van der Waals surface area contributed by atoms with Crippen molar-refractivity contribution in [2.45, 2.75) is 12.1 Å². The number of rotatable bonds is 5. The zero-order valence-electron chi connectivity index (χ0n) is 10.8. The lowest BCUT2D eigenvalue weighted by molar-refractivity contribution is -0.118. The van der Waals surface area contributed by atoms with Gasteiger partial charge in [-0.3, -0.25) is 4.79 Å². The first-order chi connectivity index (χ1) is 9.58. The quantitative estimate of drug-likeness (QED) is 0.497. The molecule has 0 aliphatic carbocycles. The number of halogens is 1. The molecule has 0 saturated carbocycles. The van der Waals surface area contributed by atoms with Crippen molar-refractivity contribution >= 4 is 29.3 Å². The zero-order chi connectivity index (χ0) is 14.5. The van der Waals surface area contributed by atoms with Crippen LogP contribution in [0.25, 0.3) is 11.4 Å². The maximum Gasteiger partial charge on any atom is 0.216 e. The standard InChI is InChI=1S/C12H14ClN5OS/c1-8(19)15-6-7-20-12-17-16-11(18(12)14)9-2-4-10(13)5-3-9/h2-5H,6-7,14H2,1H3,(H,15,19). The van der Waals surface area contributed by atoms with Gasteiger partial charge in [-0.1, -0.05) is 23.4 Å². The van der Waals surface area contributed by atoms with E-state index in [-0.39, 0.29) is 5.91 Å². The topological polar surface area (TPSA) is 85.8 Å². The lowest BCUT2D eigenvalue weighted by atomic mass is 10.2. The van der Waals surface area contributed by atoms with Crippen LogP contribution >= 0.6 is 23.4 Å². The number of aromatic nitrogens is 3. The van der Waals surface area contributed by atoms with Crippen molar-refractivity contribution in [3.05, 3.63) is 29.3 Å². The Balaban J connectivity index is 2.03. The van der Waals surface area contributed by atoms with E-state index < -0.39 is 0 Å². The van der Waals surface area contributed by atoms with E-state index in [4.69, 9.17) is 17.4 Å². The number of nitrogens with one attached hydrogen (secondary N) is 1. The van der Waals surface area contributed by atoms with Crippen LogP contribution in [0.1, 0.15) is 6.92 Å². The fraction of sp³-hybridized carbons (Fsp3) is 0.250. The zero-order valence-corrected chi connectivity index (χ0v) is 12.4. The Morgan fingerprint density at radius 3 is 2.75 bits per heavy atom. The van der Waals surface area contributed by atoms with Crippen LogP contribution in [-0.2, 0) is 4.79 Å². The molecule has 106 valence electrons. The van der Waals surface area contributed by atoms with Gasteiger partial charge in [0.25, 0.3) is 0 Å². The summed E-state index contributed by atoms with van der Waals surface area (Å²) >= 11 is 7.27. The smallest absolute Gasteiger partial charge is 0.216 e. The molecule has 1 heterocycles. The van der Waals surface area contributed by atoms with E-state index in [2.05, 4.69) is 15.5 Å². The average molecular weight is 312 g/mol. The summed E-state index contributed by atoms with van der Waals surface area (Å²) in [6, 6.07) is 7.22. The van der Waals surface area contributed by atoms with Gasteiger partial charge in [-0.25, -0.2) is 4.68 Å². The van der Waals surface area contributed by atoms with Gasteiger partial charge in [0.05, 0.1) is 0 Å². The van der Waals surface area contributed by atoms with Gasteiger partial charge in [0.15, 0.2) is 5.82 Å². The van der Waals surface area contributed by atoms with E-state index in [1.54, 1.807) is 12.1 Å². The number of hydrogen-bond donors (Lipinski definition) is 2. The van der Waals surface area contributed by atoms with Crippen LogP contribution in [0.5, 0.6) is 0 Å². The number of nitrogen functional groups attached to an aromatic ring is 1. The first kappa shape index (κ1) is 14.7. The number of carbonyl (C=O) groups excluding carboxylic acids is 1. The molecule has 6 nitrogen and oxygen atoms in total. The second-order valence-corrected chi connectivity index (χ2v) is 5.51. The van der Waals surface area contributed by atoms with Gasteiger partial charge in [0.2, 0.25) is 11.1 Å². The fourth-order valence-corrected chi connectivity index (χ4v) is 2.38. The van der Waals surface area contributed by atoms with Crippen molar-refractivity contribution in [3.8, 4) is 11.4 Å². The number of thioether (sulfide) groups is 1. The second kappa shape index (κ2) is 6.62. The third-order valence-corrected chi connectivity index (χ3v) is 3.67. The summed E-state index contributed by atoms with van der Waals surface area (Å²) in [5, 5.41) is 12.1. The summed E-state index contributed by atoms with van der Waals surface area (Å²) in [6.07, 6.45) is 0. The molecule has 3 N–H and O–H groups in total. The Labute approximate surface area is 125 Å². The monoisotopic (exact) mass is 311 g/mol. The van der Waals surface area contributed by atoms with Crippen LogP contribution < -0.4 is 11.2 Å². The van der Waals surface area contributed by atoms with E-state index in [9.17, 15) is 4.79 Å². The molecule has 8 heteroatoms. The van der Waals surface area contributed by atoms with Gasteiger partial charge in [0, 0.05) is 29.8 Å². The predicted molar refractivity (Wildman–Crippen MR) is 80.0 cm³/mol. The highest BCUT2D eigenvalue weighted by Crippen LogP contribution is 2.22. The van der Waals surface area contributed by atoms with Crippen molar-refractivity contribution in [2.24, 2.45) is 0 Å². The van der Waals surface area contributed by atoms with Crippen LogP contribution in [0.3, 0.4) is 0 Å². The van der Waals surface area contributed by atoms with Crippen LogP contribution in [0.4, 0.5) is 0 Å². The Bertz CT molecular complexity index is 598. The van der Waals surface area contributed by atoms with Gasteiger partial charge < -0.3 is 11.2 Å². The number of nitrogens with zero attached hydrogens (tertiary/aromatic N) is 3. The summed E-state index contributed by atoms with van der Waals surface area (Å²) in [4.78, 5) is 10.7. The van der Waals surface area contributed by atoms with E-state index >= 15 is 0 Å². The van der Waals surface area contributed by atoms with Crippen LogP contribution in [0.2, 0.25) is 5.02 Å². The minimum atomic E-state index is -0.0540. The molecule has 20 heavy (non-hydrogen) atoms. The van der Waals surface area contributed by atoms with Crippen LogP contribution in [0.15, 0.2) is 29.4 Å². The normalized spacial score (nSPS) is 10.5. The largest absolute Gasteiger partial charge is 0.356 e. The molecule has 0 aliphatic heterocycles. The summed E-state index contributed by atoms with van der Waals surface area (Å²) < 4.78 is 1.43. The average Bonchev–Trinajstić information content (AvgIpc) is 2.77. The third-order valence-electron chi connectivity index (χ3n) is 2.47. The minimum Gasteiger partial charge on any atom is -0.356 e. The molecule has 0 fully saturated rings. The molecule has 1 amide bonds. The molecule has 0 atom stereocenters. The van der Waals surface area contributed by atoms with E-state index in [1.807, 2.05) is 12.1 Å². The van der Waals surface area contributed by atoms with Gasteiger partial charge in [0.1, 0.15) is 0 Å². The van der Waals surface area contributed by atoms with Gasteiger partial charge in [-0.05, 0) is 24.3 Å². The highest BCUT2D eigenvalue weighted by atomic mass is 35.5. The number of carbonyl (C=O) groups is 1. The predicted octanol–water partition coefficient (Wildman–Crippen LogP) is 1.54. The van der Waals surface area contributed by atoms with Crippen LogP contribution in [0, 0.1) is 0 Å². The highest BCUT2D eigenvalue weighted by molar-refractivity contribution is 7.99. The molecular formula is C12H14ClN5OS. The first-order valence-electron chi connectivity index (χ1n) is 5.91. The first-order valence-corrected chi connectivity index (χ1v) is 7.28. The van der Waals surface area contributed by atoms with Gasteiger partial charge >= 0.3 is 0 Å². The number of hydrogen-bond acceptors (Lipinski definition) is 5. The lowest BCUT2D eigenvalue weighted by Crippen LogP contribution is -2.22. The molecule has 0 radical (unpaired) electrons. The minimum absolute atomic E-state index is 0.0540. The molecule has 1 aromatic carbocycles. The maximum atomic E-state index is 10.7. The fourth-order valence-electron chi connectivity index (χ4n) is 1.54. The van der Waals surface area contributed by atoms with Gasteiger partial charge in [-0.2, -0.15) is 0 Å². The van der Waals surface area contributed by atoms with Crippen molar-refractivity contribution < 1.29 is 4.79 Å². The summed E-state index contributed by atoms with van der Waals surface area (Å²) in [6.45, 7) is 2.04. The Hall–Kier alpha value is -1.73. The maximum absolute atomic E-state index is 10.7. The number of nitrogens with two attached hydrogens (primary N) is 1. The molecule has 0 saturated heterocycles. The molecule has 0 aliphatic rings. The molecule has 2 rings (SSSR count). The van der Waals surface area contributed by atoms with Crippen molar-refractivity contribution in [1.82, 2.24) is 20.2 Å². The Kier molecular flexibility index (Phi) is 4.86. The van der Waals surface area contributed by atoms with E-state index in [0.29, 0.717) is 28.3 Å². The summed E-state index contributed by atoms with van der Waals surface area (Å²) in [7, 11) is 0. The lowest BCUT2D eigenvalue weighted by Gasteiger charge is -2.04. The van der Waals surface area contributed by atoms with Crippen molar-refractivity contribution in [1.29, 1.82) is 0 Å². The highest BCUT2D eigenvalue weighted by Gasteiger charge is 2.11. The molecule has 0 bridgehead atoms. The third kappa shape index (κ3) is 3.64. The molecule has 1 aromatic heterocycles. The molecule has 2 aromatic rings. The molecule has 0 spiro atoms. The second-order valence-electron chi connectivity index (χ2n) is 4.01. The van der Waals surface area contributed by atoms with E-state index in [0.717, 1.165) is 5.56 Å². The SMILES string of the molecule is CC(=O)NCCSc1nnc(-c2ccc(Cl)cc2)n1N. The van der Waals surface area contributed by atoms with Gasteiger partial charge in [-0.15, -0.1) is 10.2 Å². The number of benzene rings is 1. The Morgan fingerprint density at radius 1 is 1.40 bits per heavy atom. The van der Waals surface area contributed by atoms with E-state index in [1.165, 1.54) is 23.4 Å². The molecular weight excluding hydrogens is 298 g/mol. The summed E-state index contributed by atoms with van der Waals surface area (Å²) in [5.74, 6) is 7.16. The number of amides is 1. The van der Waals surface area contributed by atoms with Crippen molar-refractivity contribution in [2.75, 3.05) is 18.1 Å². The summed E-state index contributed by atoms with van der Waals surface area (Å²) in [5.41, 5.74) is 0.845. The molecule has 0 unspecified atom stereocenters. The van der Waals surface area contributed by atoms with Crippen molar-refractivity contribution in [3.63, 3.8) is 0 Å². The Morgan fingerprint density at radius 2 is 2.10 bits per heavy atom. The van der Waals surface area contributed by atoms with Crippen LogP contribution in [-0.4, -0.2) is 33.1 Å².